The Kier molecular flexibility index (Phi) is 4.37. The van der Waals surface area contributed by atoms with Crippen molar-refractivity contribution < 1.29 is 18.1 Å². The number of hydrogen-bond donors (Lipinski definition) is 2. The van der Waals surface area contributed by atoms with Gasteiger partial charge in [-0.05, 0) is 59.4 Å². The van der Waals surface area contributed by atoms with Crippen molar-refractivity contribution in [3.63, 3.8) is 0 Å². The van der Waals surface area contributed by atoms with Crippen LogP contribution in [0.4, 0.5) is 8.78 Å². The van der Waals surface area contributed by atoms with Gasteiger partial charge in [-0.3, -0.25) is 0 Å². The van der Waals surface area contributed by atoms with Crippen molar-refractivity contribution in [3.05, 3.63) is 59.2 Å². The zero-order valence-electron chi connectivity index (χ0n) is 13.0. The molecule has 24 heavy (non-hydrogen) atoms. The predicted molar refractivity (Wildman–Crippen MR) is 89.2 cm³/mol. The Morgan fingerprint density at radius 3 is 1.71 bits per heavy atom. The molecule has 2 aliphatic rings. The molecular weight excluding hydrogens is 312 g/mol. The van der Waals surface area contributed by atoms with Gasteiger partial charge in [0.15, 0.2) is 0 Å². The Morgan fingerprint density at radius 2 is 1.25 bits per heavy atom. The van der Waals surface area contributed by atoms with E-state index in [0.29, 0.717) is 26.3 Å². The van der Waals surface area contributed by atoms with Crippen LogP contribution in [0.15, 0.2) is 36.4 Å². The topological polar surface area (TPSA) is 42.5 Å². The lowest BCUT2D eigenvalue weighted by Gasteiger charge is -2.12. The molecule has 0 fully saturated rings. The highest BCUT2D eigenvalue weighted by atomic mass is 19.1. The number of nitrogens with one attached hydrogen (secondary N) is 2. The Bertz CT molecular complexity index is 699. The molecule has 0 spiro atoms. The predicted octanol–water partition coefficient (Wildman–Crippen LogP) is 0.295. The van der Waals surface area contributed by atoms with E-state index in [0.717, 1.165) is 22.1 Å². The lowest BCUT2D eigenvalue weighted by molar-refractivity contribution is 0.318. The summed E-state index contributed by atoms with van der Waals surface area (Å²) in [5.41, 5.74) is 3.73. The second-order valence-corrected chi connectivity index (χ2v) is 5.98. The maximum Gasteiger partial charge on any atom is 0.416 e. The normalized spacial score (nSPS) is 15.8. The van der Waals surface area contributed by atoms with Crippen molar-refractivity contribution in [1.29, 1.82) is 0 Å². The molecule has 0 saturated heterocycles. The first-order chi connectivity index (χ1) is 11.7. The molecule has 2 aromatic carbocycles. The number of hydrogen-bond acceptors (Lipinski definition) is 4. The molecule has 4 rings (SSSR count). The molecule has 0 radical (unpaired) electrons. The SMILES string of the molecule is Fc1ccc2c(c1)COB2NCCNB1OCc2cc(F)ccc21. The van der Waals surface area contributed by atoms with Crippen LogP contribution in [-0.2, 0) is 22.5 Å². The highest BCUT2D eigenvalue weighted by molar-refractivity contribution is 6.67. The van der Waals surface area contributed by atoms with E-state index < -0.39 is 0 Å². The second-order valence-electron chi connectivity index (χ2n) is 5.98. The molecule has 2 aromatic rings. The average Bonchev–Trinajstić information content (AvgIpc) is 3.15. The van der Waals surface area contributed by atoms with Crippen LogP contribution in [0.1, 0.15) is 11.1 Å². The third-order valence-electron chi connectivity index (χ3n) is 4.37. The molecule has 4 nitrogen and oxygen atoms in total. The summed E-state index contributed by atoms with van der Waals surface area (Å²) >= 11 is 0. The van der Waals surface area contributed by atoms with E-state index in [4.69, 9.17) is 9.31 Å². The first-order valence-corrected chi connectivity index (χ1v) is 7.97. The van der Waals surface area contributed by atoms with Crippen LogP contribution in [0.2, 0.25) is 0 Å². The van der Waals surface area contributed by atoms with E-state index in [1.807, 2.05) is 0 Å². The summed E-state index contributed by atoms with van der Waals surface area (Å²) in [6.45, 7) is 2.17. The Hall–Kier alpha value is -1.73. The third-order valence-corrected chi connectivity index (χ3v) is 4.37. The molecule has 0 amide bonds. The standard InChI is InChI=1S/C16H16B2F2N2O2/c19-13-1-3-15-11(7-13)9-23-17(15)21-5-6-22-18-16-4-2-14(20)8-12(16)10-24-18/h1-4,7-8,21-22H,5-6,9-10H2. The van der Waals surface area contributed by atoms with Gasteiger partial charge in [-0.25, -0.2) is 8.78 Å². The molecule has 2 N–H and O–H groups in total. The smallest absolute Gasteiger partial charge is 0.413 e. The molecule has 2 aliphatic heterocycles. The highest BCUT2D eigenvalue weighted by Gasteiger charge is 2.30. The minimum atomic E-state index is -0.242. The summed E-state index contributed by atoms with van der Waals surface area (Å²) in [7, 11) is -0.429. The van der Waals surface area contributed by atoms with Crippen LogP contribution in [0.5, 0.6) is 0 Å². The van der Waals surface area contributed by atoms with E-state index >= 15 is 0 Å². The van der Waals surface area contributed by atoms with Gasteiger partial charge in [-0.2, -0.15) is 0 Å². The van der Waals surface area contributed by atoms with Crippen molar-refractivity contribution in [2.24, 2.45) is 0 Å². The largest absolute Gasteiger partial charge is 0.416 e. The van der Waals surface area contributed by atoms with Gasteiger partial charge in [0.1, 0.15) is 11.6 Å². The molecule has 8 heteroatoms. The molecule has 0 aliphatic carbocycles. The molecule has 0 unspecified atom stereocenters. The number of fused-ring (bicyclic) bond motifs is 2. The lowest BCUT2D eigenvalue weighted by Crippen LogP contribution is -2.50. The molecule has 0 atom stereocenters. The van der Waals surface area contributed by atoms with Gasteiger partial charge in [0.2, 0.25) is 0 Å². The molecular formula is C16H16B2F2N2O2. The van der Waals surface area contributed by atoms with Crippen LogP contribution in [-0.4, -0.2) is 27.2 Å². The van der Waals surface area contributed by atoms with E-state index in [-0.39, 0.29) is 25.7 Å². The van der Waals surface area contributed by atoms with Gasteiger partial charge in [0.25, 0.3) is 0 Å². The quantitative estimate of drug-likeness (QED) is 0.612. The van der Waals surface area contributed by atoms with Gasteiger partial charge >= 0.3 is 14.1 Å². The summed E-state index contributed by atoms with van der Waals surface area (Å²) in [5, 5.41) is 6.58. The van der Waals surface area contributed by atoms with Gasteiger partial charge in [0.05, 0.1) is 13.2 Å². The van der Waals surface area contributed by atoms with Crippen molar-refractivity contribution in [3.8, 4) is 0 Å². The summed E-state index contributed by atoms with van der Waals surface area (Å²) in [6, 6.07) is 9.43. The van der Waals surface area contributed by atoms with Gasteiger partial charge in [-0.1, -0.05) is 12.1 Å². The van der Waals surface area contributed by atoms with Crippen molar-refractivity contribution >= 4 is 25.0 Å². The summed E-state index contributed by atoms with van der Waals surface area (Å²) in [5.74, 6) is -0.485. The van der Waals surface area contributed by atoms with E-state index in [9.17, 15) is 8.78 Å². The number of benzene rings is 2. The van der Waals surface area contributed by atoms with Crippen molar-refractivity contribution in [2.45, 2.75) is 13.2 Å². The zero-order chi connectivity index (χ0) is 16.5. The van der Waals surface area contributed by atoms with Gasteiger partial charge in [-0.15, -0.1) is 0 Å². The number of rotatable bonds is 5. The maximum atomic E-state index is 13.2. The second kappa shape index (κ2) is 6.64. The number of halogens is 2. The lowest BCUT2D eigenvalue weighted by atomic mass is 9.73. The summed E-state index contributed by atoms with van der Waals surface area (Å²) < 4.78 is 37.7. The molecule has 0 saturated carbocycles. The van der Waals surface area contributed by atoms with Crippen molar-refractivity contribution in [2.75, 3.05) is 13.1 Å². The van der Waals surface area contributed by atoms with Gasteiger partial charge in [0, 0.05) is 0 Å². The van der Waals surface area contributed by atoms with Crippen molar-refractivity contribution in [1.82, 2.24) is 10.5 Å². The summed E-state index contributed by atoms with van der Waals surface area (Å²) in [6.07, 6.45) is 0. The first kappa shape index (κ1) is 15.8. The average molecular weight is 328 g/mol. The minimum absolute atomic E-state index is 0.215. The van der Waals surface area contributed by atoms with Crippen LogP contribution in [0, 0.1) is 11.6 Å². The zero-order valence-corrected chi connectivity index (χ0v) is 13.0. The Labute approximate surface area is 139 Å². The van der Waals surface area contributed by atoms with Crippen LogP contribution in [0.25, 0.3) is 0 Å². The first-order valence-electron chi connectivity index (χ1n) is 7.97. The molecule has 2 heterocycles. The summed E-state index contributed by atoms with van der Waals surface area (Å²) in [4.78, 5) is 0. The fraction of sp³-hybridized carbons (Fsp3) is 0.250. The van der Waals surface area contributed by atoms with E-state index in [2.05, 4.69) is 10.5 Å². The van der Waals surface area contributed by atoms with Gasteiger partial charge < -0.3 is 19.8 Å². The maximum absolute atomic E-state index is 13.2. The van der Waals surface area contributed by atoms with E-state index in [1.165, 1.54) is 24.3 Å². The monoisotopic (exact) mass is 328 g/mol. The Balaban J connectivity index is 1.28. The molecule has 0 aromatic heterocycles. The molecule has 0 bridgehead atoms. The highest BCUT2D eigenvalue weighted by Crippen LogP contribution is 2.12. The fourth-order valence-corrected chi connectivity index (χ4v) is 3.18. The molecule has 122 valence electrons. The van der Waals surface area contributed by atoms with Crippen LogP contribution >= 0.6 is 0 Å². The fourth-order valence-electron chi connectivity index (χ4n) is 3.18. The van der Waals surface area contributed by atoms with Crippen LogP contribution < -0.4 is 21.4 Å². The third kappa shape index (κ3) is 3.10. The van der Waals surface area contributed by atoms with E-state index in [1.54, 1.807) is 12.1 Å². The Morgan fingerprint density at radius 1 is 0.792 bits per heavy atom. The minimum Gasteiger partial charge on any atom is -0.413 e. The van der Waals surface area contributed by atoms with Crippen LogP contribution in [0.3, 0.4) is 0 Å².